The second-order valence-corrected chi connectivity index (χ2v) is 5.33. The van der Waals surface area contributed by atoms with E-state index in [0.717, 1.165) is 12.1 Å². The quantitative estimate of drug-likeness (QED) is 0.611. The molecule has 0 saturated heterocycles. The highest BCUT2D eigenvalue weighted by Gasteiger charge is 2.18. The maximum atomic E-state index is 14.2. The van der Waals surface area contributed by atoms with E-state index in [1.807, 2.05) is 0 Å². The molecule has 0 unspecified atom stereocenters. The van der Waals surface area contributed by atoms with Gasteiger partial charge in [0.05, 0.1) is 12.6 Å². The monoisotopic (exact) mass is 382 g/mol. The summed E-state index contributed by atoms with van der Waals surface area (Å²) in [5, 5.41) is 2.93. The molecule has 27 heavy (non-hydrogen) atoms. The lowest BCUT2D eigenvalue weighted by Crippen LogP contribution is -2.04. The van der Waals surface area contributed by atoms with Crippen molar-refractivity contribution in [1.82, 2.24) is 4.98 Å². The van der Waals surface area contributed by atoms with Gasteiger partial charge in [-0.2, -0.15) is 8.78 Å². The molecule has 5 nitrogen and oxygen atoms in total. The summed E-state index contributed by atoms with van der Waals surface area (Å²) in [5.41, 5.74) is 0.462. The summed E-state index contributed by atoms with van der Waals surface area (Å²) in [5.74, 6) is -2.58. The Morgan fingerprint density at radius 2 is 1.70 bits per heavy atom. The molecule has 0 atom stereocenters. The Morgan fingerprint density at radius 1 is 1.00 bits per heavy atom. The summed E-state index contributed by atoms with van der Waals surface area (Å²) in [4.78, 5) is 4.04. The molecule has 0 amide bonds. The summed E-state index contributed by atoms with van der Waals surface area (Å²) in [6, 6.07) is 6.12. The topological polar surface area (TPSA) is 52.6 Å². The highest BCUT2D eigenvalue weighted by Crippen LogP contribution is 2.39. The molecule has 0 bridgehead atoms. The number of anilines is 1. The van der Waals surface area contributed by atoms with Crippen LogP contribution in [0.4, 0.5) is 23.2 Å². The Labute approximate surface area is 151 Å². The highest BCUT2D eigenvalue weighted by atomic mass is 19.3. The summed E-state index contributed by atoms with van der Waals surface area (Å²) in [6.45, 7) is -3.05. The number of nitrogens with zero attached hydrogens (tertiary/aromatic N) is 1. The van der Waals surface area contributed by atoms with Crippen molar-refractivity contribution >= 4 is 16.6 Å². The minimum atomic E-state index is -3.05. The maximum absolute atomic E-state index is 14.2. The highest BCUT2D eigenvalue weighted by molar-refractivity contribution is 5.88. The number of pyridine rings is 1. The molecule has 9 heteroatoms. The number of methoxy groups -OCH3 is 1. The molecule has 0 spiro atoms. The van der Waals surface area contributed by atoms with Gasteiger partial charge in [0.2, 0.25) is 0 Å². The van der Waals surface area contributed by atoms with Crippen LogP contribution in [-0.4, -0.2) is 25.8 Å². The molecule has 1 aromatic heterocycles. The number of aromatic nitrogens is 1. The van der Waals surface area contributed by atoms with Crippen molar-refractivity contribution in [1.29, 1.82) is 0 Å². The Bertz CT molecular complexity index is 959. The molecule has 2 aromatic carbocycles. The summed E-state index contributed by atoms with van der Waals surface area (Å²) >= 11 is 0. The van der Waals surface area contributed by atoms with E-state index in [-0.39, 0.29) is 28.5 Å². The number of ether oxygens (including phenoxy) is 3. The number of hydrogen-bond acceptors (Lipinski definition) is 5. The van der Waals surface area contributed by atoms with Crippen molar-refractivity contribution in [3.8, 4) is 23.0 Å². The van der Waals surface area contributed by atoms with Crippen molar-refractivity contribution in [3.63, 3.8) is 0 Å². The summed E-state index contributed by atoms with van der Waals surface area (Å²) in [7, 11) is 2.79. The standard InChI is InChI=1S/C18H14F4N2O3/c1-23-9-5-11(19)17(12(20)6-9)26-14-3-4-24-13-8-16(27-18(21)22)15(25-2)7-10(13)14/h3-8,18,23H,1-2H3. The first-order chi connectivity index (χ1) is 12.9. The van der Waals surface area contributed by atoms with E-state index >= 15 is 0 Å². The number of rotatable bonds is 6. The van der Waals surface area contributed by atoms with Crippen LogP contribution in [0.1, 0.15) is 0 Å². The van der Waals surface area contributed by atoms with Gasteiger partial charge >= 0.3 is 6.61 Å². The third-order valence-electron chi connectivity index (χ3n) is 3.70. The number of fused-ring (bicyclic) bond motifs is 1. The van der Waals surface area contributed by atoms with Gasteiger partial charge in [0.15, 0.2) is 28.9 Å². The molecule has 1 heterocycles. The lowest BCUT2D eigenvalue weighted by molar-refractivity contribution is -0.0511. The third kappa shape index (κ3) is 3.81. The van der Waals surface area contributed by atoms with Crippen molar-refractivity contribution in [2.75, 3.05) is 19.5 Å². The smallest absolute Gasteiger partial charge is 0.387 e. The fourth-order valence-corrected chi connectivity index (χ4v) is 2.48. The lowest BCUT2D eigenvalue weighted by atomic mass is 10.1. The first kappa shape index (κ1) is 18.6. The molecular formula is C18H14F4N2O3. The Kier molecular flexibility index (Phi) is 5.20. The molecule has 0 aliphatic carbocycles. The SMILES string of the molecule is CNc1cc(F)c(Oc2ccnc3cc(OC(F)F)c(OC)cc23)c(F)c1. The molecule has 0 aliphatic heterocycles. The second-order valence-electron chi connectivity index (χ2n) is 5.33. The van der Waals surface area contributed by atoms with Gasteiger partial charge < -0.3 is 19.5 Å². The van der Waals surface area contributed by atoms with Crippen LogP contribution in [0.3, 0.4) is 0 Å². The minimum Gasteiger partial charge on any atom is -0.493 e. The van der Waals surface area contributed by atoms with Crippen molar-refractivity contribution < 1.29 is 31.8 Å². The summed E-state index contributed by atoms with van der Waals surface area (Å²) in [6.07, 6.45) is 1.31. The molecule has 3 rings (SSSR count). The Morgan fingerprint density at radius 3 is 2.30 bits per heavy atom. The van der Waals surface area contributed by atoms with Crippen molar-refractivity contribution in [2.45, 2.75) is 6.61 Å². The number of halogens is 4. The maximum Gasteiger partial charge on any atom is 0.387 e. The molecule has 0 saturated carbocycles. The van der Waals surface area contributed by atoms with Crippen LogP contribution in [0, 0.1) is 11.6 Å². The second kappa shape index (κ2) is 7.56. The fraction of sp³-hybridized carbons (Fsp3) is 0.167. The first-order valence-electron chi connectivity index (χ1n) is 7.69. The number of hydrogen-bond donors (Lipinski definition) is 1. The Hall–Kier alpha value is -3.23. The van der Waals surface area contributed by atoms with E-state index in [4.69, 9.17) is 9.47 Å². The van der Waals surface area contributed by atoms with E-state index < -0.39 is 24.0 Å². The van der Waals surface area contributed by atoms with Gasteiger partial charge in [-0.3, -0.25) is 4.98 Å². The van der Waals surface area contributed by atoms with E-state index in [1.165, 1.54) is 38.6 Å². The van der Waals surface area contributed by atoms with E-state index in [2.05, 4.69) is 15.0 Å². The van der Waals surface area contributed by atoms with Crippen molar-refractivity contribution in [2.24, 2.45) is 0 Å². The van der Waals surface area contributed by atoms with Gasteiger partial charge in [-0.05, 0) is 12.1 Å². The van der Waals surface area contributed by atoms with Crippen LogP contribution in [0.2, 0.25) is 0 Å². The van der Waals surface area contributed by atoms with Crippen LogP contribution in [0.5, 0.6) is 23.0 Å². The van der Waals surface area contributed by atoms with Crippen LogP contribution in [0.15, 0.2) is 36.5 Å². The first-order valence-corrected chi connectivity index (χ1v) is 7.69. The lowest BCUT2D eigenvalue weighted by Gasteiger charge is -2.14. The van der Waals surface area contributed by atoms with Gasteiger partial charge in [-0.25, -0.2) is 8.78 Å². The van der Waals surface area contributed by atoms with Crippen LogP contribution in [0.25, 0.3) is 10.9 Å². The molecule has 3 aromatic rings. The van der Waals surface area contributed by atoms with E-state index in [0.29, 0.717) is 5.39 Å². The molecule has 0 aliphatic rings. The molecular weight excluding hydrogens is 368 g/mol. The van der Waals surface area contributed by atoms with Gasteiger partial charge in [0, 0.05) is 42.5 Å². The predicted molar refractivity (Wildman–Crippen MR) is 90.9 cm³/mol. The Balaban J connectivity index is 2.08. The van der Waals surface area contributed by atoms with Gasteiger partial charge in [-0.15, -0.1) is 0 Å². The van der Waals surface area contributed by atoms with Gasteiger partial charge in [0.25, 0.3) is 0 Å². The zero-order chi connectivity index (χ0) is 19.6. The van der Waals surface area contributed by atoms with E-state index in [1.54, 1.807) is 0 Å². The number of nitrogens with one attached hydrogen (secondary N) is 1. The molecule has 1 N–H and O–H groups in total. The normalized spacial score (nSPS) is 10.9. The van der Waals surface area contributed by atoms with Crippen LogP contribution < -0.4 is 19.5 Å². The zero-order valence-corrected chi connectivity index (χ0v) is 14.2. The predicted octanol–water partition coefficient (Wildman–Crippen LogP) is 4.96. The number of benzene rings is 2. The average Bonchev–Trinajstić information content (AvgIpc) is 2.63. The van der Waals surface area contributed by atoms with Crippen LogP contribution in [-0.2, 0) is 0 Å². The van der Waals surface area contributed by atoms with E-state index in [9.17, 15) is 17.6 Å². The largest absolute Gasteiger partial charge is 0.493 e. The van der Waals surface area contributed by atoms with Gasteiger partial charge in [-0.1, -0.05) is 0 Å². The minimum absolute atomic E-state index is 0.00729. The van der Waals surface area contributed by atoms with Crippen LogP contribution >= 0.6 is 0 Å². The zero-order valence-electron chi connectivity index (χ0n) is 14.2. The molecule has 0 fully saturated rings. The molecule has 142 valence electrons. The number of alkyl halides is 2. The average molecular weight is 382 g/mol. The summed E-state index contributed by atoms with van der Waals surface area (Å²) < 4.78 is 68.3. The van der Waals surface area contributed by atoms with Crippen molar-refractivity contribution in [3.05, 3.63) is 48.2 Å². The van der Waals surface area contributed by atoms with Gasteiger partial charge in [0.1, 0.15) is 5.75 Å². The molecule has 0 radical (unpaired) electrons. The fourth-order valence-electron chi connectivity index (χ4n) is 2.48. The third-order valence-corrected chi connectivity index (χ3v) is 3.70.